The van der Waals surface area contributed by atoms with Gasteiger partial charge in [-0.1, -0.05) is 0 Å². The van der Waals surface area contributed by atoms with Crippen molar-refractivity contribution in [2.45, 2.75) is 18.9 Å². The number of pyridine rings is 1. The Morgan fingerprint density at radius 1 is 1.52 bits per heavy atom. The lowest BCUT2D eigenvalue weighted by Crippen LogP contribution is -2.47. The Morgan fingerprint density at radius 2 is 2.33 bits per heavy atom. The Bertz CT molecular complexity index is 667. The van der Waals surface area contributed by atoms with Gasteiger partial charge in [0.2, 0.25) is 0 Å². The average molecular weight is 304 g/mol. The third-order valence-electron chi connectivity index (χ3n) is 4.11. The molecule has 0 aliphatic carbocycles. The smallest absolute Gasteiger partial charge is 0.266 e. The number of nitrogens with zero attached hydrogens (tertiary/aromatic N) is 3. The predicted molar refractivity (Wildman–Crippen MR) is 86.6 cm³/mol. The van der Waals surface area contributed by atoms with E-state index >= 15 is 0 Å². The summed E-state index contributed by atoms with van der Waals surface area (Å²) in [4.78, 5) is 22.6. The summed E-state index contributed by atoms with van der Waals surface area (Å²) in [5.74, 6) is 0.0436. The Balaban J connectivity index is 1.88. The Hall–Kier alpha value is -1.66. The maximum absolute atomic E-state index is 12.8. The van der Waals surface area contributed by atoms with E-state index < -0.39 is 0 Å². The van der Waals surface area contributed by atoms with Crippen molar-refractivity contribution in [3.8, 4) is 0 Å². The lowest BCUT2D eigenvalue weighted by molar-refractivity contribution is 0.0641. The standard InChI is InChI=1S/C15H20N4OS/c1-18(2)10-5-4-8-19(9-10)15(20)13-12(16)11-6-3-7-17-14(11)21-13/h3,6-7,10H,4-5,8-9,16H2,1-2H3. The summed E-state index contributed by atoms with van der Waals surface area (Å²) < 4.78 is 0. The molecule has 0 bridgehead atoms. The molecule has 1 amide bonds. The highest BCUT2D eigenvalue weighted by atomic mass is 32.1. The summed E-state index contributed by atoms with van der Waals surface area (Å²) >= 11 is 1.39. The molecule has 21 heavy (non-hydrogen) atoms. The second kappa shape index (κ2) is 5.61. The molecule has 1 atom stereocenters. The number of thiophene rings is 1. The van der Waals surface area contributed by atoms with Gasteiger partial charge in [-0.25, -0.2) is 4.98 Å². The molecular formula is C15H20N4OS. The zero-order chi connectivity index (χ0) is 15.0. The third kappa shape index (κ3) is 2.61. The van der Waals surface area contributed by atoms with Gasteiger partial charge >= 0.3 is 0 Å². The van der Waals surface area contributed by atoms with Crippen LogP contribution in [0.1, 0.15) is 22.5 Å². The Morgan fingerprint density at radius 3 is 3.05 bits per heavy atom. The van der Waals surface area contributed by atoms with Gasteiger partial charge in [0.15, 0.2) is 0 Å². The minimum Gasteiger partial charge on any atom is -0.397 e. The molecule has 0 aromatic carbocycles. The molecule has 1 unspecified atom stereocenters. The number of piperidine rings is 1. The number of carbonyl (C=O) groups is 1. The lowest BCUT2D eigenvalue weighted by Gasteiger charge is -2.36. The van der Waals surface area contributed by atoms with E-state index in [4.69, 9.17) is 5.73 Å². The fourth-order valence-electron chi connectivity index (χ4n) is 2.81. The summed E-state index contributed by atoms with van der Waals surface area (Å²) in [7, 11) is 4.13. The van der Waals surface area contributed by atoms with Crippen LogP contribution in [-0.2, 0) is 0 Å². The third-order valence-corrected chi connectivity index (χ3v) is 5.23. The van der Waals surface area contributed by atoms with Crippen LogP contribution in [0.5, 0.6) is 0 Å². The topological polar surface area (TPSA) is 62.5 Å². The molecule has 1 saturated heterocycles. The van der Waals surface area contributed by atoms with E-state index in [0.717, 1.165) is 36.1 Å². The molecule has 112 valence electrons. The molecule has 1 aliphatic heterocycles. The molecule has 2 N–H and O–H groups in total. The number of anilines is 1. The van der Waals surface area contributed by atoms with Crippen LogP contribution in [0.4, 0.5) is 5.69 Å². The second-order valence-electron chi connectivity index (χ2n) is 5.71. The summed E-state index contributed by atoms with van der Waals surface area (Å²) in [6, 6.07) is 4.20. The van der Waals surface area contributed by atoms with Crippen LogP contribution >= 0.6 is 11.3 Å². The molecule has 2 aromatic heterocycles. The van der Waals surface area contributed by atoms with Gasteiger partial charge in [-0.15, -0.1) is 11.3 Å². The van der Waals surface area contributed by atoms with Crippen LogP contribution < -0.4 is 5.73 Å². The normalized spacial score (nSPS) is 19.4. The van der Waals surface area contributed by atoms with Crippen LogP contribution in [0, 0.1) is 0 Å². The van der Waals surface area contributed by atoms with Crippen LogP contribution in [0.15, 0.2) is 18.3 Å². The van der Waals surface area contributed by atoms with Crippen LogP contribution in [0.25, 0.3) is 10.2 Å². The van der Waals surface area contributed by atoms with E-state index in [1.54, 1.807) is 6.20 Å². The number of fused-ring (bicyclic) bond motifs is 1. The largest absolute Gasteiger partial charge is 0.397 e. The van der Waals surface area contributed by atoms with Gasteiger partial charge in [0, 0.05) is 30.7 Å². The lowest BCUT2D eigenvalue weighted by atomic mass is 10.0. The minimum atomic E-state index is 0.0436. The Labute approximate surface area is 128 Å². The fourth-order valence-corrected chi connectivity index (χ4v) is 3.85. The number of hydrogen-bond donors (Lipinski definition) is 1. The SMILES string of the molecule is CN(C)C1CCCN(C(=O)c2sc3ncccc3c2N)C1. The van der Waals surface area contributed by atoms with Gasteiger partial charge in [0.1, 0.15) is 9.71 Å². The van der Waals surface area contributed by atoms with Crippen molar-refractivity contribution in [1.29, 1.82) is 0 Å². The molecule has 0 spiro atoms. The quantitative estimate of drug-likeness (QED) is 0.922. The van der Waals surface area contributed by atoms with Gasteiger partial charge in [-0.2, -0.15) is 0 Å². The van der Waals surface area contributed by atoms with Crippen molar-refractivity contribution in [2.24, 2.45) is 0 Å². The summed E-state index contributed by atoms with van der Waals surface area (Å²) in [5.41, 5.74) is 6.72. The summed E-state index contributed by atoms with van der Waals surface area (Å²) in [6.07, 6.45) is 3.91. The zero-order valence-corrected chi connectivity index (χ0v) is 13.2. The van der Waals surface area contributed by atoms with E-state index in [1.165, 1.54) is 11.3 Å². The summed E-state index contributed by atoms with van der Waals surface area (Å²) in [6.45, 7) is 1.58. The highest BCUT2D eigenvalue weighted by Crippen LogP contribution is 2.33. The Kier molecular flexibility index (Phi) is 3.82. The monoisotopic (exact) mass is 304 g/mol. The zero-order valence-electron chi connectivity index (χ0n) is 12.4. The first-order valence-electron chi connectivity index (χ1n) is 7.16. The molecule has 5 nitrogen and oxygen atoms in total. The summed E-state index contributed by atoms with van der Waals surface area (Å²) in [5, 5.41) is 0.881. The number of nitrogens with two attached hydrogens (primary N) is 1. The molecule has 2 aromatic rings. The molecule has 1 fully saturated rings. The van der Waals surface area contributed by atoms with Gasteiger partial charge < -0.3 is 15.5 Å². The number of aromatic nitrogens is 1. The molecule has 0 saturated carbocycles. The number of likely N-dealkylation sites (tertiary alicyclic amines) is 1. The molecule has 1 aliphatic rings. The number of nitrogen functional groups attached to an aromatic ring is 1. The van der Waals surface area contributed by atoms with Gasteiger partial charge in [0.05, 0.1) is 5.69 Å². The van der Waals surface area contributed by atoms with Crippen molar-refractivity contribution in [3.05, 3.63) is 23.2 Å². The second-order valence-corrected chi connectivity index (χ2v) is 6.71. The first-order chi connectivity index (χ1) is 10.1. The highest BCUT2D eigenvalue weighted by Gasteiger charge is 2.28. The molecule has 3 rings (SSSR count). The van der Waals surface area contributed by atoms with Crippen LogP contribution in [-0.4, -0.2) is 53.9 Å². The maximum atomic E-state index is 12.8. The number of hydrogen-bond acceptors (Lipinski definition) is 5. The van der Waals surface area contributed by atoms with Crippen molar-refractivity contribution >= 4 is 33.1 Å². The van der Waals surface area contributed by atoms with E-state index in [-0.39, 0.29) is 5.91 Å². The minimum absolute atomic E-state index is 0.0436. The first kappa shape index (κ1) is 14.3. The van der Waals surface area contributed by atoms with E-state index in [1.807, 2.05) is 17.0 Å². The number of rotatable bonds is 2. The van der Waals surface area contributed by atoms with Crippen LogP contribution in [0.2, 0.25) is 0 Å². The van der Waals surface area contributed by atoms with Crippen molar-refractivity contribution in [3.63, 3.8) is 0 Å². The van der Waals surface area contributed by atoms with E-state index in [9.17, 15) is 4.79 Å². The predicted octanol–water partition coefficient (Wildman–Crippen LogP) is 2.04. The molecule has 6 heteroatoms. The van der Waals surface area contributed by atoms with E-state index in [2.05, 4.69) is 24.0 Å². The first-order valence-corrected chi connectivity index (χ1v) is 7.98. The maximum Gasteiger partial charge on any atom is 0.266 e. The van der Waals surface area contributed by atoms with E-state index in [0.29, 0.717) is 16.6 Å². The van der Waals surface area contributed by atoms with Gasteiger partial charge in [0.25, 0.3) is 5.91 Å². The van der Waals surface area contributed by atoms with Crippen molar-refractivity contribution in [1.82, 2.24) is 14.8 Å². The molecular weight excluding hydrogens is 284 g/mol. The van der Waals surface area contributed by atoms with Gasteiger partial charge in [-0.05, 0) is 39.1 Å². The molecule has 0 radical (unpaired) electrons. The molecule has 3 heterocycles. The number of carbonyl (C=O) groups excluding carboxylic acids is 1. The highest BCUT2D eigenvalue weighted by molar-refractivity contribution is 7.21. The average Bonchev–Trinajstić information content (AvgIpc) is 2.84. The fraction of sp³-hybridized carbons (Fsp3) is 0.467. The van der Waals surface area contributed by atoms with Gasteiger partial charge in [-0.3, -0.25) is 4.79 Å². The van der Waals surface area contributed by atoms with Crippen LogP contribution in [0.3, 0.4) is 0 Å². The number of amides is 1. The van der Waals surface area contributed by atoms with Crippen molar-refractivity contribution in [2.75, 3.05) is 32.9 Å². The van der Waals surface area contributed by atoms with Crippen molar-refractivity contribution < 1.29 is 4.79 Å². The number of likely N-dealkylation sites (N-methyl/N-ethyl adjacent to an activating group) is 1.